The summed E-state index contributed by atoms with van der Waals surface area (Å²) in [5, 5.41) is 9.10. The highest BCUT2D eigenvalue weighted by molar-refractivity contribution is 6.06. The summed E-state index contributed by atoms with van der Waals surface area (Å²) >= 11 is 0. The number of nitrogens with zero attached hydrogens (tertiary/aromatic N) is 1. The molecule has 3 aliphatic rings. The van der Waals surface area contributed by atoms with Gasteiger partial charge in [0.15, 0.2) is 0 Å². The van der Waals surface area contributed by atoms with Crippen LogP contribution >= 0.6 is 0 Å². The number of rotatable bonds is 8. The van der Waals surface area contributed by atoms with E-state index in [0.29, 0.717) is 18.5 Å². The molecule has 0 aromatic heterocycles. The molecule has 1 unspecified atom stereocenters. The van der Waals surface area contributed by atoms with Crippen LogP contribution in [0.5, 0.6) is 0 Å². The van der Waals surface area contributed by atoms with Gasteiger partial charge in [0.05, 0.1) is 6.42 Å². The molecular weight excluding hydrogens is 461 g/mol. The van der Waals surface area contributed by atoms with Crippen LogP contribution in [0.4, 0.5) is 18.9 Å². The van der Waals surface area contributed by atoms with E-state index in [-0.39, 0.29) is 36.4 Å². The average molecular weight is 495 g/mol. The first kappa shape index (κ1) is 25.5. The number of imide groups is 1. The molecule has 0 bridgehead atoms. The molecule has 1 aromatic rings. The van der Waals surface area contributed by atoms with E-state index in [1.54, 1.807) is 11.0 Å². The second-order valence-electron chi connectivity index (χ2n) is 9.98. The normalized spacial score (nSPS) is 27.1. The van der Waals surface area contributed by atoms with Crippen LogP contribution in [0.15, 0.2) is 18.2 Å². The smallest absolute Gasteiger partial charge is 0.379 e. The monoisotopic (exact) mass is 494 g/mol. The SMILES string of the molecule is CCCC1(Nc2cccc3c2CN(C2CCC(=O)NC2=O)C3=O)CCC(NCCC(F)(F)F)CC1. The summed E-state index contributed by atoms with van der Waals surface area (Å²) in [4.78, 5) is 38.6. The average Bonchev–Trinajstić information content (AvgIpc) is 3.12. The molecule has 192 valence electrons. The Morgan fingerprint density at radius 1 is 1.14 bits per heavy atom. The third-order valence-electron chi connectivity index (χ3n) is 7.49. The molecule has 1 saturated heterocycles. The van der Waals surface area contributed by atoms with Gasteiger partial charge < -0.3 is 15.5 Å². The van der Waals surface area contributed by atoms with Crippen LogP contribution in [0.1, 0.15) is 80.6 Å². The van der Waals surface area contributed by atoms with Crippen molar-refractivity contribution in [2.24, 2.45) is 0 Å². The first-order valence-electron chi connectivity index (χ1n) is 12.5. The molecule has 0 spiro atoms. The number of nitrogens with one attached hydrogen (secondary N) is 3. The van der Waals surface area contributed by atoms with Crippen molar-refractivity contribution in [2.75, 3.05) is 11.9 Å². The van der Waals surface area contributed by atoms with Gasteiger partial charge in [0.1, 0.15) is 6.04 Å². The van der Waals surface area contributed by atoms with Gasteiger partial charge in [-0.15, -0.1) is 0 Å². The van der Waals surface area contributed by atoms with E-state index in [1.165, 1.54) is 0 Å². The number of carbonyl (C=O) groups is 3. The molecule has 0 radical (unpaired) electrons. The Morgan fingerprint density at radius 2 is 1.89 bits per heavy atom. The standard InChI is InChI=1S/C25H33F3N4O3/c1-2-10-24(11-8-16(9-12-24)29-14-13-25(26,27)28)31-19-5-3-4-17-18(19)15-32(23(17)35)20-6-7-21(33)30-22(20)34/h3-5,16,20,29,31H,2,6-15H2,1H3,(H,30,33,34). The second-order valence-corrected chi connectivity index (χ2v) is 9.98. The molecule has 1 aliphatic carbocycles. The van der Waals surface area contributed by atoms with Crippen LogP contribution < -0.4 is 16.0 Å². The van der Waals surface area contributed by atoms with Gasteiger partial charge in [0.25, 0.3) is 5.91 Å². The van der Waals surface area contributed by atoms with Crippen molar-refractivity contribution >= 4 is 23.4 Å². The summed E-state index contributed by atoms with van der Waals surface area (Å²) < 4.78 is 37.4. The highest BCUT2D eigenvalue weighted by Gasteiger charge is 2.41. The Hall–Kier alpha value is -2.62. The molecule has 3 N–H and O–H groups in total. The van der Waals surface area contributed by atoms with Crippen LogP contribution in [0, 0.1) is 0 Å². The Balaban J connectivity index is 1.44. The van der Waals surface area contributed by atoms with E-state index < -0.39 is 24.5 Å². The lowest BCUT2D eigenvalue weighted by Crippen LogP contribution is -2.52. The summed E-state index contributed by atoms with van der Waals surface area (Å²) in [6.07, 6.45) is 0.611. The van der Waals surface area contributed by atoms with Gasteiger partial charge >= 0.3 is 6.18 Å². The Kier molecular flexibility index (Phi) is 7.40. The Morgan fingerprint density at radius 3 is 2.54 bits per heavy atom. The van der Waals surface area contributed by atoms with E-state index in [4.69, 9.17) is 0 Å². The Labute approximate surface area is 203 Å². The van der Waals surface area contributed by atoms with Gasteiger partial charge in [-0.1, -0.05) is 19.4 Å². The van der Waals surface area contributed by atoms with Crippen LogP contribution in [-0.2, 0) is 16.1 Å². The number of amides is 3. The number of halogens is 3. The van der Waals surface area contributed by atoms with Crippen molar-refractivity contribution in [2.45, 2.75) is 95.1 Å². The molecule has 2 fully saturated rings. The van der Waals surface area contributed by atoms with E-state index in [0.717, 1.165) is 49.8 Å². The molecule has 2 heterocycles. The molecular formula is C25H33F3N4O3. The predicted octanol–water partition coefficient (Wildman–Crippen LogP) is 3.88. The maximum Gasteiger partial charge on any atom is 0.390 e. The van der Waals surface area contributed by atoms with Gasteiger partial charge in [-0.3, -0.25) is 19.7 Å². The predicted molar refractivity (Wildman–Crippen MR) is 125 cm³/mol. The third kappa shape index (κ3) is 5.79. The molecule has 1 saturated carbocycles. The summed E-state index contributed by atoms with van der Waals surface area (Å²) in [5.74, 6) is -0.959. The molecule has 4 rings (SSSR count). The van der Waals surface area contributed by atoms with Gasteiger partial charge in [0, 0.05) is 47.9 Å². The second kappa shape index (κ2) is 10.2. The number of fused-ring (bicyclic) bond motifs is 1. The zero-order valence-corrected chi connectivity index (χ0v) is 20.0. The van der Waals surface area contributed by atoms with Gasteiger partial charge in [-0.25, -0.2) is 0 Å². The summed E-state index contributed by atoms with van der Waals surface area (Å²) in [6.45, 7) is 2.35. The summed E-state index contributed by atoms with van der Waals surface area (Å²) in [6, 6.07) is 4.95. The van der Waals surface area contributed by atoms with Crippen molar-refractivity contribution in [1.29, 1.82) is 0 Å². The number of alkyl halides is 3. The first-order chi connectivity index (χ1) is 16.6. The minimum absolute atomic E-state index is 0.0626. The van der Waals surface area contributed by atoms with Crippen molar-refractivity contribution in [1.82, 2.24) is 15.5 Å². The number of carbonyl (C=O) groups excluding carboxylic acids is 3. The lowest BCUT2D eigenvalue weighted by Gasteiger charge is -2.42. The van der Waals surface area contributed by atoms with Crippen molar-refractivity contribution in [3.05, 3.63) is 29.3 Å². The fourth-order valence-corrected chi connectivity index (χ4v) is 5.70. The molecule has 1 aromatic carbocycles. The maximum atomic E-state index is 13.1. The van der Waals surface area contributed by atoms with Crippen LogP contribution in [0.2, 0.25) is 0 Å². The number of piperidine rings is 1. The van der Waals surface area contributed by atoms with E-state index in [9.17, 15) is 27.6 Å². The lowest BCUT2D eigenvalue weighted by molar-refractivity contribution is -0.137. The number of benzene rings is 1. The van der Waals surface area contributed by atoms with E-state index in [2.05, 4.69) is 22.9 Å². The van der Waals surface area contributed by atoms with Gasteiger partial charge in [-0.05, 0) is 50.7 Å². The quantitative estimate of drug-likeness (QED) is 0.477. The maximum absolute atomic E-state index is 13.1. The van der Waals surface area contributed by atoms with E-state index in [1.807, 2.05) is 12.1 Å². The highest BCUT2D eigenvalue weighted by Crippen LogP contribution is 2.39. The molecule has 35 heavy (non-hydrogen) atoms. The molecule has 10 heteroatoms. The van der Waals surface area contributed by atoms with Crippen molar-refractivity contribution in [3.8, 4) is 0 Å². The van der Waals surface area contributed by atoms with Crippen molar-refractivity contribution in [3.63, 3.8) is 0 Å². The van der Waals surface area contributed by atoms with Crippen LogP contribution in [0.3, 0.4) is 0 Å². The summed E-state index contributed by atoms with van der Waals surface area (Å²) in [7, 11) is 0. The van der Waals surface area contributed by atoms with Crippen LogP contribution in [-0.4, -0.2) is 53.0 Å². The molecule has 2 aliphatic heterocycles. The highest BCUT2D eigenvalue weighted by atomic mass is 19.4. The minimum atomic E-state index is -4.15. The number of anilines is 1. The molecule has 1 atom stereocenters. The fraction of sp³-hybridized carbons (Fsp3) is 0.640. The first-order valence-corrected chi connectivity index (χ1v) is 12.5. The molecule has 3 amide bonds. The zero-order valence-electron chi connectivity index (χ0n) is 20.0. The topological polar surface area (TPSA) is 90.5 Å². The lowest BCUT2D eigenvalue weighted by atomic mass is 9.76. The molecule has 7 nitrogen and oxygen atoms in total. The third-order valence-corrected chi connectivity index (χ3v) is 7.49. The fourth-order valence-electron chi connectivity index (χ4n) is 5.70. The number of hydrogen-bond acceptors (Lipinski definition) is 5. The Bertz CT molecular complexity index is 973. The zero-order chi connectivity index (χ0) is 25.2. The van der Waals surface area contributed by atoms with Crippen LogP contribution in [0.25, 0.3) is 0 Å². The summed E-state index contributed by atoms with van der Waals surface area (Å²) in [5.41, 5.74) is 2.08. The van der Waals surface area contributed by atoms with Gasteiger partial charge in [0.2, 0.25) is 11.8 Å². The van der Waals surface area contributed by atoms with E-state index >= 15 is 0 Å². The minimum Gasteiger partial charge on any atom is -0.379 e. The van der Waals surface area contributed by atoms with Crippen molar-refractivity contribution < 1.29 is 27.6 Å². The largest absolute Gasteiger partial charge is 0.390 e. The number of hydrogen-bond donors (Lipinski definition) is 3. The van der Waals surface area contributed by atoms with Gasteiger partial charge in [-0.2, -0.15) is 13.2 Å².